The first-order valence-electron chi connectivity index (χ1n) is 5.61. The van der Waals surface area contributed by atoms with Crippen LogP contribution in [-0.4, -0.2) is 26.4 Å². The van der Waals surface area contributed by atoms with E-state index in [0.717, 1.165) is 11.1 Å². The molecule has 1 atom stereocenters. The molecule has 1 N–H and O–H groups in total. The number of benzene rings is 1. The molecule has 0 amide bonds. The van der Waals surface area contributed by atoms with Gasteiger partial charge >= 0.3 is 0 Å². The van der Waals surface area contributed by atoms with E-state index in [1.807, 2.05) is 31.2 Å². The number of aliphatic hydroxyl groups is 1. The second-order valence-corrected chi connectivity index (χ2v) is 7.55. The van der Waals surface area contributed by atoms with Crippen molar-refractivity contribution in [3.63, 3.8) is 0 Å². The van der Waals surface area contributed by atoms with Crippen molar-refractivity contribution in [1.29, 1.82) is 0 Å². The van der Waals surface area contributed by atoms with E-state index in [1.165, 1.54) is 6.26 Å². The molecular formula is C13H20O3S. The summed E-state index contributed by atoms with van der Waals surface area (Å²) in [7, 11) is -3.14. The largest absolute Gasteiger partial charge is 0.396 e. The number of rotatable bonds is 4. The summed E-state index contributed by atoms with van der Waals surface area (Å²) < 4.78 is 22.5. The van der Waals surface area contributed by atoms with Gasteiger partial charge in [-0.05, 0) is 25.0 Å². The Morgan fingerprint density at radius 1 is 1.24 bits per heavy atom. The Morgan fingerprint density at radius 2 is 1.71 bits per heavy atom. The molecule has 0 bridgehead atoms. The summed E-state index contributed by atoms with van der Waals surface area (Å²) in [6.45, 7) is 5.42. The molecular weight excluding hydrogens is 236 g/mol. The quantitative estimate of drug-likeness (QED) is 0.897. The van der Waals surface area contributed by atoms with E-state index in [-0.39, 0.29) is 12.5 Å². The Morgan fingerprint density at radius 3 is 2.06 bits per heavy atom. The topological polar surface area (TPSA) is 54.4 Å². The smallest absolute Gasteiger partial charge is 0.156 e. The van der Waals surface area contributed by atoms with Gasteiger partial charge in [0.2, 0.25) is 0 Å². The van der Waals surface area contributed by atoms with Crippen LogP contribution in [0.1, 0.15) is 37.8 Å². The average Bonchev–Trinajstić information content (AvgIpc) is 2.26. The van der Waals surface area contributed by atoms with E-state index in [2.05, 4.69) is 0 Å². The number of hydrogen-bond acceptors (Lipinski definition) is 3. The molecule has 1 rings (SSSR count). The Bertz CT molecular complexity index is 472. The van der Waals surface area contributed by atoms with Crippen LogP contribution in [0.3, 0.4) is 0 Å². The second-order valence-electron chi connectivity index (χ2n) is 4.99. The van der Waals surface area contributed by atoms with Crippen molar-refractivity contribution in [2.45, 2.75) is 31.4 Å². The Labute approximate surface area is 103 Å². The molecule has 0 aliphatic rings. The first kappa shape index (κ1) is 14.2. The van der Waals surface area contributed by atoms with Crippen LogP contribution in [0.4, 0.5) is 0 Å². The molecule has 0 spiro atoms. The lowest BCUT2D eigenvalue weighted by Crippen LogP contribution is -2.27. The predicted octanol–water partition coefficient (Wildman–Crippen LogP) is 2.06. The van der Waals surface area contributed by atoms with Gasteiger partial charge in [0, 0.05) is 18.8 Å². The van der Waals surface area contributed by atoms with Crippen LogP contribution in [0.2, 0.25) is 0 Å². The van der Waals surface area contributed by atoms with Gasteiger partial charge in [-0.25, -0.2) is 8.42 Å². The van der Waals surface area contributed by atoms with Gasteiger partial charge in [0.25, 0.3) is 0 Å². The van der Waals surface area contributed by atoms with Crippen molar-refractivity contribution in [2.24, 2.45) is 0 Å². The maximum absolute atomic E-state index is 11.7. The molecule has 0 aliphatic heterocycles. The molecule has 1 aromatic rings. The maximum atomic E-state index is 11.7. The van der Waals surface area contributed by atoms with Gasteiger partial charge in [-0.3, -0.25) is 0 Å². The zero-order valence-corrected chi connectivity index (χ0v) is 11.6. The van der Waals surface area contributed by atoms with E-state index < -0.39 is 14.6 Å². The monoisotopic (exact) mass is 256 g/mol. The Hall–Kier alpha value is -0.870. The first-order valence-corrected chi connectivity index (χ1v) is 7.50. The fourth-order valence-electron chi connectivity index (χ4n) is 1.53. The molecule has 3 nitrogen and oxygen atoms in total. The van der Waals surface area contributed by atoms with Gasteiger partial charge in [0.1, 0.15) is 0 Å². The molecule has 17 heavy (non-hydrogen) atoms. The van der Waals surface area contributed by atoms with Crippen LogP contribution >= 0.6 is 0 Å². The Balaban J connectivity index is 3.12. The maximum Gasteiger partial charge on any atom is 0.156 e. The summed E-state index contributed by atoms with van der Waals surface area (Å²) in [6.07, 6.45) is 1.25. The fraction of sp³-hybridized carbons (Fsp3) is 0.538. The van der Waals surface area contributed by atoms with Crippen LogP contribution in [0.15, 0.2) is 24.3 Å². The zero-order valence-electron chi connectivity index (χ0n) is 10.8. The zero-order chi connectivity index (χ0) is 13.3. The molecule has 1 unspecified atom stereocenters. The van der Waals surface area contributed by atoms with Crippen molar-refractivity contribution >= 4 is 9.84 Å². The van der Waals surface area contributed by atoms with Gasteiger partial charge in [-0.1, -0.05) is 31.2 Å². The first-order chi connectivity index (χ1) is 7.70. The summed E-state index contributed by atoms with van der Waals surface area (Å²) in [5.74, 6) is 0.0744. The summed E-state index contributed by atoms with van der Waals surface area (Å²) >= 11 is 0. The second kappa shape index (κ2) is 4.78. The van der Waals surface area contributed by atoms with Gasteiger partial charge in [-0.15, -0.1) is 0 Å². The number of hydrogen-bond donors (Lipinski definition) is 1. The standard InChI is InChI=1S/C13H20O3S/c1-10(9-14)11-5-7-12(8-6-11)13(2,3)17(4,15)16/h5-8,10,14H,9H2,1-4H3. The van der Waals surface area contributed by atoms with E-state index in [4.69, 9.17) is 5.11 Å². The van der Waals surface area contributed by atoms with Crippen molar-refractivity contribution in [3.05, 3.63) is 35.4 Å². The van der Waals surface area contributed by atoms with Crippen molar-refractivity contribution in [3.8, 4) is 0 Å². The summed E-state index contributed by atoms with van der Waals surface area (Å²) in [4.78, 5) is 0. The molecule has 0 radical (unpaired) electrons. The van der Waals surface area contributed by atoms with Crippen LogP contribution in [0.5, 0.6) is 0 Å². The minimum absolute atomic E-state index is 0.0744. The van der Waals surface area contributed by atoms with Gasteiger partial charge in [0.05, 0.1) is 4.75 Å². The highest BCUT2D eigenvalue weighted by Crippen LogP contribution is 2.29. The third kappa shape index (κ3) is 2.87. The minimum Gasteiger partial charge on any atom is -0.396 e. The lowest BCUT2D eigenvalue weighted by molar-refractivity contribution is 0.273. The third-order valence-corrected chi connectivity index (χ3v) is 5.47. The fourth-order valence-corrected chi connectivity index (χ4v) is 2.10. The van der Waals surface area contributed by atoms with Crippen LogP contribution in [0, 0.1) is 0 Å². The summed E-state index contributed by atoms with van der Waals surface area (Å²) in [5.41, 5.74) is 1.79. The normalized spacial score (nSPS) is 14.6. The van der Waals surface area contributed by atoms with Crippen LogP contribution in [0.25, 0.3) is 0 Å². The predicted molar refractivity (Wildman–Crippen MR) is 69.8 cm³/mol. The highest BCUT2D eigenvalue weighted by Gasteiger charge is 2.32. The molecule has 96 valence electrons. The molecule has 0 fully saturated rings. The lowest BCUT2D eigenvalue weighted by Gasteiger charge is -2.23. The molecule has 0 saturated carbocycles. The highest BCUT2D eigenvalue weighted by molar-refractivity contribution is 7.91. The van der Waals surface area contributed by atoms with Gasteiger partial charge in [-0.2, -0.15) is 0 Å². The molecule has 1 aromatic carbocycles. The summed E-state index contributed by atoms with van der Waals surface area (Å²) in [5, 5.41) is 9.05. The molecule has 4 heteroatoms. The van der Waals surface area contributed by atoms with E-state index >= 15 is 0 Å². The number of sulfone groups is 1. The lowest BCUT2D eigenvalue weighted by atomic mass is 9.96. The van der Waals surface area contributed by atoms with E-state index in [9.17, 15) is 8.42 Å². The molecule has 0 aliphatic carbocycles. The minimum atomic E-state index is -3.14. The molecule has 0 aromatic heterocycles. The molecule has 0 heterocycles. The summed E-state index contributed by atoms with van der Waals surface area (Å²) in [6, 6.07) is 7.40. The Kier molecular flexibility index (Phi) is 3.99. The number of aliphatic hydroxyl groups excluding tert-OH is 1. The van der Waals surface area contributed by atoms with E-state index in [0.29, 0.717) is 0 Å². The highest BCUT2D eigenvalue weighted by atomic mass is 32.2. The van der Waals surface area contributed by atoms with Crippen molar-refractivity contribution in [1.82, 2.24) is 0 Å². The average molecular weight is 256 g/mol. The van der Waals surface area contributed by atoms with Gasteiger partial charge in [0.15, 0.2) is 9.84 Å². The van der Waals surface area contributed by atoms with E-state index in [1.54, 1.807) is 13.8 Å². The van der Waals surface area contributed by atoms with Crippen LogP contribution in [-0.2, 0) is 14.6 Å². The molecule has 0 saturated heterocycles. The van der Waals surface area contributed by atoms with Gasteiger partial charge < -0.3 is 5.11 Å². The SMILES string of the molecule is CC(CO)c1ccc(C(C)(C)S(C)(=O)=O)cc1. The third-order valence-electron chi connectivity index (χ3n) is 3.38. The van der Waals surface area contributed by atoms with Crippen molar-refractivity contribution < 1.29 is 13.5 Å². The van der Waals surface area contributed by atoms with Crippen LogP contribution < -0.4 is 0 Å². The van der Waals surface area contributed by atoms with Crippen molar-refractivity contribution in [2.75, 3.05) is 12.9 Å².